The number of benzene rings is 2. The van der Waals surface area contributed by atoms with Gasteiger partial charge in [-0.1, -0.05) is 12.1 Å². The van der Waals surface area contributed by atoms with Crippen molar-refractivity contribution in [2.45, 2.75) is 20.4 Å². The highest BCUT2D eigenvalue weighted by atomic mass is 32.1. The van der Waals surface area contributed by atoms with Crippen molar-refractivity contribution < 1.29 is 18.8 Å². The van der Waals surface area contributed by atoms with Crippen molar-refractivity contribution >= 4 is 27.9 Å². The van der Waals surface area contributed by atoms with Gasteiger partial charge in [0.05, 0.1) is 39.0 Å². The molecule has 0 spiro atoms. The van der Waals surface area contributed by atoms with Crippen molar-refractivity contribution in [2.24, 2.45) is 0 Å². The summed E-state index contributed by atoms with van der Waals surface area (Å²) in [7, 11) is 1.61. The molecular formula is C25H29FN3O2S+. The lowest BCUT2D eigenvalue weighted by molar-refractivity contribution is -0.914. The van der Waals surface area contributed by atoms with E-state index in [1.165, 1.54) is 27.0 Å². The first-order chi connectivity index (χ1) is 15.5. The number of rotatable bonds is 6. The first-order valence-electron chi connectivity index (χ1n) is 10.8. The van der Waals surface area contributed by atoms with Gasteiger partial charge in [-0.2, -0.15) is 0 Å². The van der Waals surface area contributed by atoms with Crippen molar-refractivity contribution in [1.82, 2.24) is 0 Å². The zero-order chi connectivity index (χ0) is 22.7. The predicted octanol–water partition coefficient (Wildman–Crippen LogP) is 3.67. The molecule has 1 fully saturated rings. The van der Waals surface area contributed by atoms with E-state index < -0.39 is 0 Å². The van der Waals surface area contributed by atoms with Crippen LogP contribution in [-0.4, -0.2) is 39.2 Å². The lowest BCUT2D eigenvalue weighted by Crippen LogP contribution is -3.13. The van der Waals surface area contributed by atoms with Crippen molar-refractivity contribution in [1.29, 1.82) is 0 Å². The van der Waals surface area contributed by atoms with E-state index in [9.17, 15) is 9.18 Å². The van der Waals surface area contributed by atoms with Gasteiger partial charge in [0, 0.05) is 16.0 Å². The summed E-state index contributed by atoms with van der Waals surface area (Å²) >= 11 is 1.63. The molecule has 2 aromatic carbocycles. The van der Waals surface area contributed by atoms with Crippen molar-refractivity contribution in [3.63, 3.8) is 0 Å². The minimum absolute atomic E-state index is 0.116. The number of ether oxygens (including phenoxy) is 1. The number of para-hydroxylation sites is 1. The lowest BCUT2D eigenvalue weighted by atomic mass is 10.1. The number of halogens is 1. The van der Waals surface area contributed by atoms with Crippen LogP contribution in [0.25, 0.3) is 0 Å². The Balaban J connectivity index is 1.43. The molecule has 7 heteroatoms. The molecule has 0 saturated carbocycles. The highest BCUT2D eigenvalue weighted by Gasteiger charge is 2.25. The number of anilines is 2. The standard InChI is InChI=1S/C25H28FN3O2S/c1-17-18(2)32-25(27-24(30)19-8-10-20(31-3)11-9-19)21(17)16-28-12-14-29(15-13-28)23-7-5-4-6-22(23)26/h4-11H,12-16H2,1-3H3,(H,27,30)/p+1. The Morgan fingerprint density at radius 1 is 1.12 bits per heavy atom. The number of methoxy groups -OCH3 is 1. The van der Waals surface area contributed by atoms with Crippen molar-refractivity contribution in [3.8, 4) is 5.75 Å². The molecule has 0 radical (unpaired) electrons. The van der Waals surface area contributed by atoms with Crippen LogP contribution in [0.5, 0.6) is 5.75 Å². The fourth-order valence-electron chi connectivity index (χ4n) is 4.10. The van der Waals surface area contributed by atoms with Gasteiger partial charge in [-0.05, 0) is 55.8 Å². The first kappa shape index (κ1) is 22.3. The van der Waals surface area contributed by atoms with Gasteiger partial charge < -0.3 is 19.9 Å². The highest BCUT2D eigenvalue weighted by Crippen LogP contribution is 2.32. The summed E-state index contributed by atoms with van der Waals surface area (Å²) < 4.78 is 19.3. The number of hydrogen-bond donors (Lipinski definition) is 2. The third-order valence-corrected chi connectivity index (χ3v) is 7.34. The van der Waals surface area contributed by atoms with Crippen molar-refractivity contribution in [2.75, 3.05) is 43.5 Å². The molecule has 1 aromatic heterocycles. The summed E-state index contributed by atoms with van der Waals surface area (Å²) in [4.78, 5) is 17.6. The van der Waals surface area contributed by atoms with E-state index in [2.05, 4.69) is 24.1 Å². The number of nitrogens with one attached hydrogen (secondary N) is 2. The molecule has 1 amide bonds. The molecule has 1 saturated heterocycles. The molecule has 32 heavy (non-hydrogen) atoms. The van der Waals surface area contributed by atoms with Gasteiger partial charge in [-0.25, -0.2) is 4.39 Å². The number of carbonyl (C=O) groups is 1. The van der Waals surface area contributed by atoms with Crippen LogP contribution < -0.4 is 19.9 Å². The van der Waals surface area contributed by atoms with E-state index in [1.807, 2.05) is 12.1 Å². The molecule has 2 heterocycles. The third kappa shape index (κ3) is 4.79. The van der Waals surface area contributed by atoms with Gasteiger partial charge in [0.1, 0.15) is 23.1 Å². The second-order valence-corrected chi connectivity index (χ2v) is 9.36. The fraction of sp³-hybridized carbons (Fsp3) is 0.320. The average Bonchev–Trinajstić information content (AvgIpc) is 3.07. The number of nitrogens with zero attached hydrogens (tertiary/aromatic N) is 1. The summed E-state index contributed by atoms with van der Waals surface area (Å²) in [6.07, 6.45) is 0. The maximum Gasteiger partial charge on any atom is 0.256 e. The number of thiophene rings is 1. The van der Waals surface area contributed by atoms with Crippen LogP contribution in [0.1, 0.15) is 26.4 Å². The molecule has 4 rings (SSSR count). The van der Waals surface area contributed by atoms with E-state index >= 15 is 0 Å². The summed E-state index contributed by atoms with van der Waals surface area (Å²) in [5, 5.41) is 4.04. The predicted molar refractivity (Wildman–Crippen MR) is 128 cm³/mol. The maximum absolute atomic E-state index is 14.1. The topological polar surface area (TPSA) is 46.0 Å². The third-order valence-electron chi connectivity index (χ3n) is 6.18. The molecule has 5 nitrogen and oxygen atoms in total. The molecule has 3 aromatic rings. The monoisotopic (exact) mass is 454 g/mol. The van der Waals surface area contributed by atoms with Crippen LogP contribution in [0.2, 0.25) is 0 Å². The van der Waals surface area contributed by atoms with Crippen LogP contribution in [0.3, 0.4) is 0 Å². The van der Waals surface area contributed by atoms with Crippen molar-refractivity contribution in [3.05, 3.63) is 75.9 Å². The normalized spacial score (nSPS) is 14.4. The number of hydrogen-bond acceptors (Lipinski definition) is 4. The summed E-state index contributed by atoms with van der Waals surface area (Å²) in [5.74, 6) is 0.446. The van der Waals surface area contributed by atoms with Gasteiger partial charge >= 0.3 is 0 Å². The molecular weight excluding hydrogens is 425 g/mol. The largest absolute Gasteiger partial charge is 0.497 e. The van der Waals surface area contributed by atoms with Gasteiger partial charge in [-0.15, -0.1) is 11.3 Å². The van der Waals surface area contributed by atoms with E-state index in [4.69, 9.17) is 4.74 Å². The van der Waals surface area contributed by atoms with E-state index in [0.717, 1.165) is 43.5 Å². The minimum atomic E-state index is -0.163. The summed E-state index contributed by atoms with van der Waals surface area (Å²) in [6.45, 7) is 8.54. The Hall–Kier alpha value is -2.90. The smallest absolute Gasteiger partial charge is 0.256 e. The lowest BCUT2D eigenvalue weighted by Gasteiger charge is -2.34. The highest BCUT2D eigenvalue weighted by molar-refractivity contribution is 7.16. The molecule has 2 N–H and O–H groups in total. The Labute approximate surface area is 192 Å². The second-order valence-electron chi connectivity index (χ2n) is 8.14. The van der Waals surface area contributed by atoms with Gasteiger partial charge in [-0.3, -0.25) is 4.79 Å². The number of piperazine rings is 1. The van der Waals surface area contributed by atoms with E-state index in [0.29, 0.717) is 11.3 Å². The van der Waals surface area contributed by atoms with Crippen LogP contribution in [-0.2, 0) is 6.54 Å². The Kier molecular flexibility index (Phi) is 6.77. The van der Waals surface area contributed by atoms with Crippen LogP contribution in [0.4, 0.5) is 15.1 Å². The van der Waals surface area contributed by atoms with E-state index in [-0.39, 0.29) is 11.7 Å². The summed E-state index contributed by atoms with van der Waals surface area (Å²) in [5.41, 5.74) is 3.72. The SMILES string of the molecule is COc1ccc(C(=O)Nc2sc(C)c(C)c2C[NH+]2CCN(c3ccccc3F)CC2)cc1. The Morgan fingerprint density at radius 3 is 2.47 bits per heavy atom. The fourth-order valence-corrected chi connectivity index (χ4v) is 5.18. The minimum Gasteiger partial charge on any atom is -0.497 e. The zero-order valence-corrected chi connectivity index (χ0v) is 19.5. The van der Waals surface area contributed by atoms with Gasteiger partial charge in [0.15, 0.2) is 0 Å². The average molecular weight is 455 g/mol. The van der Waals surface area contributed by atoms with Crippen LogP contribution >= 0.6 is 11.3 Å². The van der Waals surface area contributed by atoms with Gasteiger partial charge in [0.25, 0.3) is 5.91 Å². The van der Waals surface area contributed by atoms with E-state index in [1.54, 1.807) is 48.8 Å². The number of aryl methyl sites for hydroxylation is 1. The number of quaternary nitrogens is 1. The molecule has 0 atom stereocenters. The molecule has 0 aliphatic carbocycles. The molecule has 0 unspecified atom stereocenters. The quantitative estimate of drug-likeness (QED) is 0.598. The first-order valence-corrected chi connectivity index (χ1v) is 11.6. The Bertz CT molecular complexity index is 1090. The molecule has 168 valence electrons. The summed E-state index contributed by atoms with van der Waals surface area (Å²) in [6, 6.07) is 14.1. The number of carbonyl (C=O) groups excluding carboxylic acids is 1. The zero-order valence-electron chi connectivity index (χ0n) is 18.7. The number of amides is 1. The Morgan fingerprint density at radius 2 is 1.81 bits per heavy atom. The van der Waals surface area contributed by atoms with Gasteiger partial charge in [0.2, 0.25) is 0 Å². The molecule has 1 aliphatic rings. The molecule has 0 bridgehead atoms. The van der Waals surface area contributed by atoms with Crippen LogP contribution in [0, 0.1) is 19.7 Å². The second kappa shape index (κ2) is 9.71. The molecule has 1 aliphatic heterocycles. The maximum atomic E-state index is 14.1. The van der Waals surface area contributed by atoms with Crippen LogP contribution in [0.15, 0.2) is 48.5 Å².